The number of benzene rings is 4. The Morgan fingerprint density at radius 1 is 0.784 bits per heavy atom. The van der Waals surface area contributed by atoms with Gasteiger partial charge in [0.1, 0.15) is 29.8 Å². The van der Waals surface area contributed by atoms with Gasteiger partial charge in [0.15, 0.2) is 29.5 Å². The number of anilines is 2. The molecule has 8 rings (SSSR count). The summed E-state index contributed by atoms with van der Waals surface area (Å²) in [6.45, 7) is 11.0. The van der Waals surface area contributed by atoms with Crippen molar-refractivity contribution in [2.24, 2.45) is 5.11 Å². The summed E-state index contributed by atoms with van der Waals surface area (Å²) in [6, 6.07) is 20.2. The molecule has 3 amide bonds. The SMILES string of the molecule is CC(=O)OC[C@H]1O[C@@H](Oc2ccc(C(=O)NC(C)(C)CCOC(C)(C)CCN=[N+]=[N-])cc2OS(=O)(=O)Oc2cc3c(c4ccccc24)[C@H](CCl)CN3C(=O)c2cn3cc(NC(=O)c4ccc(O)cc4)ccc3n2)[C@H](OC(C)=O)[C@@H](OC(C)=O)[C@H]1OC(C)=O. The summed E-state index contributed by atoms with van der Waals surface area (Å²) in [5.41, 5.74) is 8.67. The summed E-state index contributed by atoms with van der Waals surface area (Å²) in [7, 11) is -5.39. The molecule has 2 aliphatic rings. The van der Waals surface area contributed by atoms with Crippen LogP contribution in [0.5, 0.6) is 23.0 Å². The van der Waals surface area contributed by atoms with Gasteiger partial charge in [0.25, 0.3) is 17.7 Å². The number of aromatic hydroxyl groups is 1. The Kier molecular flexibility index (Phi) is 20.0. The predicted octanol–water partition coefficient (Wildman–Crippen LogP) is 7.99. The molecule has 6 aromatic rings. The number of hydrogen-bond donors (Lipinski definition) is 3. The lowest BCUT2D eigenvalue weighted by Crippen LogP contribution is -2.63. The normalized spacial score (nSPS) is 18.3. The topological polar surface area (TPSA) is 350 Å². The number of amides is 3. The van der Waals surface area contributed by atoms with E-state index in [0.29, 0.717) is 28.7 Å². The van der Waals surface area contributed by atoms with Gasteiger partial charge in [-0.05, 0) is 112 Å². The number of ether oxygens (including phenoxy) is 7. The van der Waals surface area contributed by atoms with E-state index in [-0.39, 0.29) is 71.4 Å². The van der Waals surface area contributed by atoms with Crippen molar-refractivity contribution in [3.05, 3.63) is 130 Å². The van der Waals surface area contributed by atoms with E-state index in [2.05, 4.69) is 25.6 Å². The molecule has 1 saturated heterocycles. The first-order valence-corrected chi connectivity index (χ1v) is 29.3. The Hall–Kier alpha value is -9.21. The molecule has 3 N–H and O–H groups in total. The number of alkyl halides is 1. The van der Waals surface area contributed by atoms with Crippen LogP contribution in [0.4, 0.5) is 11.4 Å². The highest BCUT2D eigenvalue weighted by atomic mass is 35.5. The Bertz CT molecular complexity index is 3830. The summed E-state index contributed by atoms with van der Waals surface area (Å²) in [5.74, 6) is -7.41. The Balaban J connectivity index is 1.14. The molecule has 0 radical (unpaired) electrons. The molecule has 0 unspecified atom stereocenters. The molecular weight excluding hydrogens is 1190 g/mol. The molecule has 0 spiro atoms. The van der Waals surface area contributed by atoms with E-state index in [0.717, 1.165) is 39.8 Å². The first-order valence-electron chi connectivity index (χ1n) is 27.4. The number of pyridine rings is 1. The number of azide groups is 1. The van der Waals surface area contributed by atoms with Gasteiger partial charge in [0, 0.05) is 105 Å². The number of phenolic OH excluding ortho intramolecular Hbond substituents is 1. The maximum Gasteiger partial charge on any atom is 0.501 e. The lowest BCUT2D eigenvalue weighted by atomic mass is 9.95. The monoisotopic (exact) mass is 1250 g/mol. The Morgan fingerprint density at radius 3 is 2.11 bits per heavy atom. The number of rotatable bonds is 24. The molecule has 0 bridgehead atoms. The van der Waals surface area contributed by atoms with Crippen LogP contribution in [-0.2, 0) is 58.0 Å². The summed E-state index contributed by atoms with van der Waals surface area (Å²) in [4.78, 5) is 101. The van der Waals surface area contributed by atoms with Crippen molar-refractivity contribution < 1.29 is 88.6 Å². The van der Waals surface area contributed by atoms with E-state index in [4.69, 9.17) is 58.7 Å². The Labute approximate surface area is 509 Å². The standard InChI is InChI=1S/C59H63ClN8O19S/c1-32(69)79-31-48-51(81-33(2)70)52(82-34(3)71)53(83-35(4)72)57(85-48)84-45-19-15-37(55(75)65-58(5,6)22-24-80-59(7,8)21-23-62-66-61)25-47(45)87-88(77,78)86-46-26-44-50(42-12-10-9-11-41(42)46)38(27-60)28-68(44)56(76)43-30-67-29-39(16-20-49(67)64-43)63-54(74)36-13-17-40(73)18-14-36/h9-20,25-26,29-30,38,48,51-53,57,73H,21-24,27-28,31H2,1-8H3,(H,63,74)(H,65,75)/t38-,48-,51+,52+,53-,57-/m1/s1. The van der Waals surface area contributed by atoms with E-state index < -0.39 is 118 Å². The second kappa shape index (κ2) is 27.2. The molecule has 27 nitrogen and oxygen atoms in total. The van der Waals surface area contributed by atoms with Gasteiger partial charge in [0.2, 0.25) is 12.4 Å². The van der Waals surface area contributed by atoms with Crippen LogP contribution < -0.4 is 28.6 Å². The van der Waals surface area contributed by atoms with Gasteiger partial charge < -0.3 is 66.6 Å². The molecule has 2 aromatic heterocycles. The molecule has 29 heteroatoms. The van der Waals surface area contributed by atoms with Crippen molar-refractivity contribution >= 4 is 91.4 Å². The van der Waals surface area contributed by atoms with Crippen molar-refractivity contribution in [2.45, 2.75) is 116 Å². The zero-order chi connectivity index (χ0) is 63.8. The molecule has 4 aromatic carbocycles. The zero-order valence-corrected chi connectivity index (χ0v) is 50.5. The number of fused-ring (bicyclic) bond motifs is 4. The van der Waals surface area contributed by atoms with Crippen molar-refractivity contribution in [1.82, 2.24) is 14.7 Å². The van der Waals surface area contributed by atoms with Gasteiger partial charge in [-0.3, -0.25) is 33.6 Å². The molecule has 4 heterocycles. The number of esters is 4. The first kappa shape index (κ1) is 64.8. The van der Waals surface area contributed by atoms with Crippen molar-refractivity contribution in [3.63, 3.8) is 0 Å². The van der Waals surface area contributed by atoms with E-state index in [1.54, 1.807) is 56.4 Å². The number of phenols is 1. The predicted molar refractivity (Wildman–Crippen MR) is 314 cm³/mol. The molecule has 1 fully saturated rings. The number of nitrogens with one attached hydrogen (secondary N) is 2. The number of carbonyl (C=O) groups is 7. The van der Waals surface area contributed by atoms with Gasteiger partial charge >= 0.3 is 34.3 Å². The van der Waals surface area contributed by atoms with Crippen LogP contribution in [0.25, 0.3) is 26.9 Å². The summed E-state index contributed by atoms with van der Waals surface area (Å²) in [6.07, 6.45) is -4.77. The zero-order valence-electron chi connectivity index (χ0n) is 48.9. The highest BCUT2D eigenvalue weighted by Gasteiger charge is 2.54. The summed E-state index contributed by atoms with van der Waals surface area (Å²) < 4.78 is 82.8. The fourth-order valence-electron chi connectivity index (χ4n) is 9.84. The molecular formula is C59H63ClN8O19S. The summed E-state index contributed by atoms with van der Waals surface area (Å²) >= 11 is 6.60. The lowest BCUT2D eigenvalue weighted by molar-refractivity contribution is -0.288. The summed E-state index contributed by atoms with van der Waals surface area (Å²) in [5, 5.41) is 19.6. The molecule has 466 valence electrons. The molecule has 0 aliphatic carbocycles. The van der Waals surface area contributed by atoms with Crippen molar-refractivity contribution in [1.29, 1.82) is 0 Å². The number of imidazole rings is 1. The average molecular weight is 1260 g/mol. The van der Waals surface area contributed by atoms with Crippen LogP contribution in [0.2, 0.25) is 0 Å². The smallest absolute Gasteiger partial charge is 0.501 e. The molecule has 88 heavy (non-hydrogen) atoms. The van der Waals surface area contributed by atoms with Crippen LogP contribution >= 0.6 is 11.6 Å². The van der Waals surface area contributed by atoms with E-state index in [9.17, 15) is 47.1 Å². The third kappa shape index (κ3) is 16.0. The second-order valence-corrected chi connectivity index (χ2v) is 23.2. The number of halogens is 1. The maximum absolute atomic E-state index is 14.7. The number of aromatic nitrogens is 2. The fourth-order valence-corrected chi connectivity index (χ4v) is 10.8. The van der Waals surface area contributed by atoms with Gasteiger partial charge in [0.05, 0.1) is 17.0 Å². The minimum Gasteiger partial charge on any atom is -0.508 e. The van der Waals surface area contributed by atoms with Gasteiger partial charge in [-0.1, -0.05) is 29.4 Å². The third-order valence-corrected chi connectivity index (χ3v) is 15.1. The van der Waals surface area contributed by atoms with Crippen molar-refractivity contribution in [3.8, 4) is 23.0 Å². The largest absolute Gasteiger partial charge is 0.508 e. The van der Waals surface area contributed by atoms with Crippen molar-refractivity contribution in [2.75, 3.05) is 42.4 Å². The quantitative estimate of drug-likeness (QED) is 0.0129. The number of carbonyl (C=O) groups excluding carboxylic acids is 7. The van der Waals surface area contributed by atoms with Crippen LogP contribution in [0, 0.1) is 0 Å². The van der Waals surface area contributed by atoms with Crippen LogP contribution in [0.15, 0.2) is 102 Å². The third-order valence-electron chi connectivity index (χ3n) is 13.9. The fraction of sp³-hybridized carbons (Fsp3) is 0.390. The van der Waals surface area contributed by atoms with Crippen LogP contribution in [-0.4, -0.2) is 139 Å². The minimum atomic E-state index is -5.39. The average Bonchev–Trinajstić information content (AvgIpc) is 1.59. The van der Waals surface area contributed by atoms with Gasteiger partial charge in [-0.15, -0.1) is 20.0 Å². The van der Waals surface area contributed by atoms with E-state index in [1.807, 2.05) is 13.8 Å². The molecule has 2 aliphatic heterocycles. The number of hydrogen-bond acceptors (Lipinski definition) is 21. The Morgan fingerprint density at radius 2 is 1.44 bits per heavy atom. The maximum atomic E-state index is 14.7. The van der Waals surface area contributed by atoms with Gasteiger partial charge in [-0.25, -0.2) is 4.98 Å². The van der Waals surface area contributed by atoms with Crippen LogP contribution in [0.1, 0.15) is 111 Å². The van der Waals surface area contributed by atoms with Gasteiger partial charge in [-0.2, -0.15) is 0 Å². The van der Waals surface area contributed by atoms with E-state index in [1.165, 1.54) is 51.9 Å². The minimum absolute atomic E-state index is 0.00921. The van der Waals surface area contributed by atoms with E-state index >= 15 is 0 Å². The molecule has 6 atom stereocenters. The highest BCUT2D eigenvalue weighted by molar-refractivity contribution is 7.82. The number of nitrogens with zero attached hydrogens (tertiary/aromatic N) is 6. The first-order chi connectivity index (χ1) is 41.6. The lowest BCUT2D eigenvalue weighted by Gasteiger charge is -2.43. The molecule has 0 saturated carbocycles. The second-order valence-electron chi connectivity index (χ2n) is 21.8. The highest BCUT2D eigenvalue weighted by Crippen LogP contribution is 2.47. The van der Waals surface area contributed by atoms with Crippen LogP contribution in [0.3, 0.4) is 0 Å².